The van der Waals surface area contributed by atoms with E-state index in [2.05, 4.69) is 31.5 Å². The quantitative estimate of drug-likeness (QED) is 0.579. The molecule has 0 bridgehead atoms. The first-order valence-electron chi connectivity index (χ1n) is 6.44. The number of anilines is 1. The molecule has 2 rings (SSSR count). The second-order valence-electron chi connectivity index (χ2n) is 4.42. The molecule has 8 nitrogen and oxygen atoms in total. The molecule has 3 N–H and O–H groups in total. The van der Waals surface area contributed by atoms with Crippen molar-refractivity contribution in [1.82, 2.24) is 24.6 Å². The minimum absolute atomic E-state index is 0.490. The van der Waals surface area contributed by atoms with Crippen molar-refractivity contribution in [1.29, 1.82) is 5.26 Å². The number of nitrogen functional groups attached to an aromatic ring is 1. The van der Waals surface area contributed by atoms with E-state index < -0.39 is 0 Å². The number of rotatable bonds is 6. The zero-order valence-corrected chi connectivity index (χ0v) is 11.7. The summed E-state index contributed by atoms with van der Waals surface area (Å²) >= 11 is 0. The largest absolute Gasteiger partial charge is 0.308 e. The third-order valence-electron chi connectivity index (χ3n) is 3.13. The SMILES string of the molecule is CCN(CCC#N)Cc1nc(NN)c2cnn(C)c2n1. The molecule has 0 spiro atoms. The lowest BCUT2D eigenvalue weighted by molar-refractivity contribution is 0.280. The number of aromatic nitrogens is 4. The first kappa shape index (κ1) is 14.2. The van der Waals surface area contributed by atoms with Crippen LogP contribution in [0.5, 0.6) is 0 Å². The van der Waals surface area contributed by atoms with Crippen molar-refractivity contribution < 1.29 is 0 Å². The first-order chi connectivity index (χ1) is 9.69. The van der Waals surface area contributed by atoms with Gasteiger partial charge in [0.15, 0.2) is 11.5 Å². The number of hydrogen-bond acceptors (Lipinski definition) is 7. The van der Waals surface area contributed by atoms with Gasteiger partial charge in [0.2, 0.25) is 0 Å². The zero-order valence-electron chi connectivity index (χ0n) is 11.7. The fourth-order valence-electron chi connectivity index (χ4n) is 2.01. The summed E-state index contributed by atoms with van der Waals surface area (Å²) in [6, 6.07) is 2.15. The molecule has 0 aromatic carbocycles. The summed E-state index contributed by atoms with van der Waals surface area (Å²) in [4.78, 5) is 11.0. The standard InChI is InChI=1S/C12H18N8/c1-3-20(6-4-5-13)8-10-16-11(18-14)9-7-15-19(2)12(9)17-10/h7H,3-4,6,8,14H2,1-2H3,(H,16,17,18). The van der Waals surface area contributed by atoms with Crippen molar-refractivity contribution in [3.63, 3.8) is 0 Å². The van der Waals surface area contributed by atoms with Crippen LogP contribution in [-0.4, -0.2) is 37.7 Å². The third-order valence-corrected chi connectivity index (χ3v) is 3.13. The number of nitrogens with zero attached hydrogens (tertiary/aromatic N) is 6. The van der Waals surface area contributed by atoms with E-state index in [4.69, 9.17) is 11.1 Å². The molecule has 0 unspecified atom stereocenters. The number of nitrogens with two attached hydrogens (primary N) is 1. The maximum atomic E-state index is 8.66. The lowest BCUT2D eigenvalue weighted by Gasteiger charge is -2.18. The second-order valence-corrected chi connectivity index (χ2v) is 4.42. The molecule has 20 heavy (non-hydrogen) atoms. The molecule has 0 saturated carbocycles. The number of fused-ring (bicyclic) bond motifs is 1. The maximum absolute atomic E-state index is 8.66. The van der Waals surface area contributed by atoms with Gasteiger partial charge < -0.3 is 5.43 Å². The molecular weight excluding hydrogens is 256 g/mol. The lowest BCUT2D eigenvalue weighted by atomic mass is 10.3. The Bertz CT molecular complexity index is 626. The van der Waals surface area contributed by atoms with Crippen LogP contribution in [0, 0.1) is 11.3 Å². The van der Waals surface area contributed by atoms with Crippen molar-refractivity contribution in [3.8, 4) is 6.07 Å². The smallest absolute Gasteiger partial charge is 0.163 e. The number of hydrogen-bond donors (Lipinski definition) is 2. The predicted octanol–water partition coefficient (Wildman–Crippen LogP) is 0.384. The summed E-state index contributed by atoms with van der Waals surface area (Å²) in [5.41, 5.74) is 3.32. The topological polar surface area (TPSA) is 109 Å². The Labute approximate surface area is 117 Å². The molecule has 2 heterocycles. The predicted molar refractivity (Wildman–Crippen MR) is 75.3 cm³/mol. The molecule has 8 heteroatoms. The summed E-state index contributed by atoms with van der Waals surface area (Å²) in [5, 5.41) is 13.6. The van der Waals surface area contributed by atoms with Crippen LogP contribution in [0.3, 0.4) is 0 Å². The van der Waals surface area contributed by atoms with Gasteiger partial charge in [-0.3, -0.25) is 9.58 Å². The lowest BCUT2D eigenvalue weighted by Crippen LogP contribution is -2.25. The average molecular weight is 274 g/mol. The fraction of sp³-hybridized carbons (Fsp3) is 0.500. The van der Waals surface area contributed by atoms with Gasteiger partial charge in [-0.25, -0.2) is 15.8 Å². The van der Waals surface area contributed by atoms with Crippen LogP contribution >= 0.6 is 0 Å². The summed E-state index contributed by atoms with van der Waals surface area (Å²) in [7, 11) is 1.83. The number of aryl methyl sites for hydroxylation is 1. The molecule has 2 aromatic rings. The molecule has 0 fully saturated rings. The Kier molecular flexibility index (Phi) is 4.45. The zero-order chi connectivity index (χ0) is 14.5. The minimum Gasteiger partial charge on any atom is -0.308 e. The van der Waals surface area contributed by atoms with Crippen LogP contribution in [0.1, 0.15) is 19.2 Å². The Morgan fingerprint density at radius 2 is 2.30 bits per heavy atom. The van der Waals surface area contributed by atoms with E-state index in [9.17, 15) is 0 Å². The van der Waals surface area contributed by atoms with E-state index in [1.165, 1.54) is 0 Å². The molecule has 0 aliphatic rings. The van der Waals surface area contributed by atoms with E-state index in [0.717, 1.165) is 17.6 Å². The fourth-order valence-corrected chi connectivity index (χ4v) is 2.01. The average Bonchev–Trinajstić information content (AvgIpc) is 2.84. The highest BCUT2D eigenvalue weighted by Crippen LogP contribution is 2.19. The molecular formula is C12H18N8. The van der Waals surface area contributed by atoms with Crippen molar-refractivity contribution in [3.05, 3.63) is 12.0 Å². The van der Waals surface area contributed by atoms with E-state index in [1.807, 2.05) is 14.0 Å². The van der Waals surface area contributed by atoms with Gasteiger partial charge in [-0.15, -0.1) is 0 Å². The highest BCUT2D eigenvalue weighted by atomic mass is 15.3. The summed E-state index contributed by atoms with van der Waals surface area (Å²) in [6.07, 6.45) is 2.17. The molecule has 0 aliphatic carbocycles. The molecule has 0 saturated heterocycles. The van der Waals surface area contributed by atoms with Crippen LogP contribution in [0.4, 0.5) is 5.82 Å². The van der Waals surface area contributed by atoms with Gasteiger partial charge in [-0.1, -0.05) is 6.92 Å². The van der Waals surface area contributed by atoms with Crippen LogP contribution in [0.25, 0.3) is 11.0 Å². The Balaban J connectivity index is 2.29. The highest BCUT2D eigenvalue weighted by molar-refractivity contribution is 5.86. The Hall–Kier alpha value is -2.24. The van der Waals surface area contributed by atoms with Gasteiger partial charge in [-0.05, 0) is 6.54 Å². The first-order valence-corrected chi connectivity index (χ1v) is 6.44. The molecule has 106 valence electrons. The van der Waals surface area contributed by atoms with Gasteiger partial charge in [0.1, 0.15) is 5.82 Å². The van der Waals surface area contributed by atoms with Crippen LogP contribution in [0.2, 0.25) is 0 Å². The van der Waals surface area contributed by atoms with Gasteiger partial charge in [0.25, 0.3) is 0 Å². The number of nitriles is 1. The van der Waals surface area contributed by atoms with E-state index in [-0.39, 0.29) is 0 Å². The van der Waals surface area contributed by atoms with E-state index in [1.54, 1.807) is 10.9 Å². The second kappa shape index (κ2) is 6.27. The molecule has 2 aromatic heterocycles. The molecule has 0 aliphatic heterocycles. The normalized spacial score (nSPS) is 10.9. The summed E-state index contributed by atoms with van der Waals surface area (Å²) < 4.78 is 1.69. The molecule has 0 amide bonds. The van der Waals surface area contributed by atoms with Crippen molar-refractivity contribution in [2.75, 3.05) is 18.5 Å². The van der Waals surface area contributed by atoms with Crippen molar-refractivity contribution in [2.45, 2.75) is 19.9 Å². The van der Waals surface area contributed by atoms with E-state index in [0.29, 0.717) is 31.2 Å². The minimum atomic E-state index is 0.490. The van der Waals surface area contributed by atoms with Gasteiger partial charge in [-0.2, -0.15) is 10.4 Å². The Morgan fingerprint density at radius 1 is 1.50 bits per heavy atom. The molecule has 0 atom stereocenters. The number of nitrogens with one attached hydrogen (secondary N) is 1. The monoisotopic (exact) mass is 274 g/mol. The van der Waals surface area contributed by atoms with Crippen LogP contribution < -0.4 is 11.3 Å². The third kappa shape index (κ3) is 2.84. The van der Waals surface area contributed by atoms with Crippen LogP contribution in [-0.2, 0) is 13.6 Å². The maximum Gasteiger partial charge on any atom is 0.163 e. The van der Waals surface area contributed by atoms with Gasteiger partial charge >= 0.3 is 0 Å². The highest BCUT2D eigenvalue weighted by Gasteiger charge is 2.12. The molecule has 0 radical (unpaired) electrons. The van der Waals surface area contributed by atoms with Gasteiger partial charge in [0, 0.05) is 20.0 Å². The van der Waals surface area contributed by atoms with Crippen molar-refractivity contribution in [2.24, 2.45) is 12.9 Å². The number of hydrazine groups is 1. The van der Waals surface area contributed by atoms with E-state index >= 15 is 0 Å². The summed E-state index contributed by atoms with van der Waals surface area (Å²) in [5.74, 6) is 6.73. The Morgan fingerprint density at radius 3 is 2.95 bits per heavy atom. The van der Waals surface area contributed by atoms with Crippen LogP contribution in [0.15, 0.2) is 6.20 Å². The summed E-state index contributed by atoms with van der Waals surface area (Å²) in [6.45, 7) is 4.15. The van der Waals surface area contributed by atoms with Gasteiger partial charge in [0.05, 0.1) is 24.2 Å². The van der Waals surface area contributed by atoms with Crippen molar-refractivity contribution >= 4 is 16.9 Å².